The first-order valence-corrected chi connectivity index (χ1v) is 9.40. The highest BCUT2D eigenvalue weighted by Gasteiger charge is 2.29. The summed E-state index contributed by atoms with van der Waals surface area (Å²) < 4.78 is 11.0. The second kappa shape index (κ2) is 7.72. The average molecular weight is 393 g/mol. The van der Waals surface area contributed by atoms with Gasteiger partial charge in [-0.05, 0) is 51.8 Å². The van der Waals surface area contributed by atoms with Gasteiger partial charge in [-0.3, -0.25) is 0 Å². The number of piperidine rings is 1. The number of likely N-dealkylation sites (tertiary alicyclic amines) is 1. The van der Waals surface area contributed by atoms with Crippen molar-refractivity contribution in [2.45, 2.75) is 45.3 Å². The molecule has 1 aromatic carbocycles. The van der Waals surface area contributed by atoms with Crippen molar-refractivity contribution in [1.29, 1.82) is 0 Å². The van der Waals surface area contributed by atoms with Gasteiger partial charge in [-0.15, -0.1) is 0 Å². The Hall–Kier alpha value is -2.34. The molecule has 1 N–H and O–H groups in total. The van der Waals surface area contributed by atoms with Crippen LogP contribution >= 0.6 is 11.6 Å². The van der Waals surface area contributed by atoms with E-state index in [0.717, 1.165) is 12.8 Å². The first-order chi connectivity index (χ1) is 12.7. The van der Waals surface area contributed by atoms with E-state index in [0.29, 0.717) is 29.4 Å². The molecule has 6 nitrogen and oxygen atoms in total. The number of carbonyl (C=O) groups is 1. The Morgan fingerprint density at radius 1 is 1.30 bits per heavy atom. The fraction of sp³-hybridized carbons (Fsp3) is 0.450. The van der Waals surface area contributed by atoms with E-state index in [1.807, 2.05) is 33.2 Å². The molecule has 0 spiro atoms. The van der Waals surface area contributed by atoms with Crippen LogP contribution in [0.15, 0.2) is 36.9 Å². The van der Waals surface area contributed by atoms with Crippen LogP contribution in [0.2, 0.25) is 5.02 Å². The van der Waals surface area contributed by atoms with E-state index in [2.05, 4.69) is 4.90 Å². The number of amides is 1. The van der Waals surface area contributed by atoms with Crippen LogP contribution in [-0.4, -0.2) is 45.7 Å². The lowest BCUT2D eigenvalue weighted by Crippen LogP contribution is -2.46. The van der Waals surface area contributed by atoms with E-state index in [-0.39, 0.29) is 17.9 Å². The van der Waals surface area contributed by atoms with Crippen molar-refractivity contribution < 1.29 is 19.4 Å². The monoisotopic (exact) mass is 392 g/mol. The molecular formula is C20H25ClN2O4. The summed E-state index contributed by atoms with van der Waals surface area (Å²) >= 11 is 6.24. The Morgan fingerprint density at radius 2 is 2.00 bits per heavy atom. The fourth-order valence-corrected chi connectivity index (χ4v) is 3.33. The molecule has 0 bridgehead atoms. The van der Waals surface area contributed by atoms with Crippen LogP contribution in [0.1, 0.15) is 39.2 Å². The highest BCUT2D eigenvalue weighted by atomic mass is 35.5. The molecule has 1 aromatic rings. The number of nitrogens with zero attached hydrogens (tertiary/aromatic N) is 2. The predicted octanol–water partition coefficient (Wildman–Crippen LogP) is 4.55. The summed E-state index contributed by atoms with van der Waals surface area (Å²) in [6.45, 7) is 6.89. The maximum atomic E-state index is 12.2. The quantitative estimate of drug-likeness (QED) is 0.800. The van der Waals surface area contributed by atoms with E-state index in [4.69, 9.17) is 21.1 Å². The first kappa shape index (κ1) is 19.4. The Bertz CT molecular complexity index is 762. The maximum absolute atomic E-state index is 12.2. The van der Waals surface area contributed by atoms with Crippen LogP contribution < -0.4 is 0 Å². The molecule has 0 radical (unpaired) electrons. The van der Waals surface area contributed by atoms with Crippen LogP contribution in [-0.2, 0) is 9.47 Å². The molecule has 2 aliphatic rings. The number of rotatable bonds is 2. The van der Waals surface area contributed by atoms with Gasteiger partial charge in [0.25, 0.3) is 0 Å². The molecule has 27 heavy (non-hydrogen) atoms. The maximum Gasteiger partial charge on any atom is 0.410 e. The third-order valence-electron chi connectivity index (χ3n) is 4.45. The summed E-state index contributed by atoms with van der Waals surface area (Å²) in [5.74, 6) is 0.707. The number of hydrogen-bond acceptors (Lipinski definition) is 5. The van der Waals surface area contributed by atoms with Crippen molar-refractivity contribution in [3.05, 3.63) is 47.4 Å². The van der Waals surface area contributed by atoms with Gasteiger partial charge in [-0.1, -0.05) is 11.6 Å². The Labute approximate surface area is 164 Å². The van der Waals surface area contributed by atoms with E-state index in [9.17, 15) is 9.90 Å². The zero-order valence-corrected chi connectivity index (χ0v) is 16.6. The summed E-state index contributed by atoms with van der Waals surface area (Å²) in [5.41, 5.74) is 0.149. The van der Waals surface area contributed by atoms with Crippen molar-refractivity contribution in [2.24, 2.45) is 0 Å². The van der Waals surface area contributed by atoms with Crippen molar-refractivity contribution in [2.75, 3.05) is 13.1 Å². The van der Waals surface area contributed by atoms with Crippen molar-refractivity contribution in [3.8, 4) is 5.75 Å². The SMILES string of the molecule is CC(C)(C)OC(=O)N1CCC(N2C=COC(c3cc(O)ccc3Cl)=C2)CC1. The highest BCUT2D eigenvalue weighted by molar-refractivity contribution is 6.32. The Balaban J connectivity index is 1.65. The van der Waals surface area contributed by atoms with Crippen molar-refractivity contribution >= 4 is 23.5 Å². The Morgan fingerprint density at radius 3 is 2.67 bits per heavy atom. The molecule has 0 aromatic heterocycles. The summed E-state index contributed by atoms with van der Waals surface area (Å²) in [6, 6.07) is 5.00. The van der Waals surface area contributed by atoms with E-state index < -0.39 is 5.60 Å². The molecule has 0 unspecified atom stereocenters. The summed E-state index contributed by atoms with van der Waals surface area (Å²) in [7, 11) is 0. The van der Waals surface area contributed by atoms with Crippen LogP contribution in [0.3, 0.4) is 0 Å². The van der Waals surface area contributed by atoms with Crippen molar-refractivity contribution in [1.82, 2.24) is 9.80 Å². The van der Waals surface area contributed by atoms with Gasteiger partial charge in [0.05, 0.1) is 5.02 Å². The molecule has 2 aliphatic heterocycles. The van der Waals surface area contributed by atoms with Gasteiger partial charge in [-0.2, -0.15) is 0 Å². The summed E-state index contributed by atoms with van der Waals surface area (Å²) in [4.78, 5) is 16.0. The number of hydrogen-bond donors (Lipinski definition) is 1. The van der Waals surface area contributed by atoms with Crippen LogP contribution in [0.4, 0.5) is 4.79 Å². The van der Waals surface area contributed by atoms with Gasteiger partial charge in [0, 0.05) is 37.1 Å². The lowest BCUT2D eigenvalue weighted by Gasteiger charge is -2.38. The number of phenols is 1. The smallest absolute Gasteiger partial charge is 0.410 e. The van der Waals surface area contributed by atoms with Crippen LogP contribution in [0.25, 0.3) is 5.76 Å². The molecule has 146 valence electrons. The molecule has 0 atom stereocenters. The minimum atomic E-state index is -0.487. The number of ether oxygens (including phenoxy) is 2. The van der Waals surface area contributed by atoms with Gasteiger partial charge in [0.1, 0.15) is 17.6 Å². The Kier molecular flexibility index (Phi) is 5.56. The fourth-order valence-electron chi connectivity index (χ4n) is 3.12. The molecule has 7 heteroatoms. The molecule has 1 saturated heterocycles. The van der Waals surface area contributed by atoms with E-state index in [1.54, 1.807) is 23.3 Å². The standard InChI is InChI=1S/C20H25ClN2O4/c1-20(2,3)27-19(25)22-8-6-14(7-9-22)23-10-11-26-18(13-23)16-12-15(24)4-5-17(16)21/h4-5,10-14,24H,6-9H2,1-3H3. The van der Waals surface area contributed by atoms with Crippen LogP contribution in [0.5, 0.6) is 5.75 Å². The van der Waals surface area contributed by atoms with Gasteiger partial charge in [-0.25, -0.2) is 4.79 Å². The van der Waals surface area contributed by atoms with Crippen LogP contribution in [0, 0.1) is 0 Å². The second-order valence-corrected chi connectivity index (χ2v) is 8.11. The normalized spacial score (nSPS) is 18.1. The second-order valence-electron chi connectivity index (χ2n) is 7.71. The number of benzene rings is 1. The van der Waals surface area contributed by atoms with Gasteiger partial charge < -0.3 is 24.4 Å². The lowest BCUT2D eigenvalue weighted by atomic mass is 10.0. The minimum absolute atomic E-state index is 0.130. The molecule has 2 heterocycles. The third kappa shape index (κ3) is 4.89. The first-order valence-electron chi connectivity index (χ1n) is 9.02. The molecular weight excluding hydrogens is 368 g/mol. The summed E-state index contributed by atoms with van der Waals surface area (Å²) in [5, 5.41) is 10.2. The number of phenolic OH excluding ortho intramolecular Hbond substituents is 1. The molecule has 0 aliphatic carbocycles. The van der Waals surface area contributed by atoms with Gasteiger partial charge in [0.15, 0.2) is 5.76 Å². The van der Waals surface area contributed by atoms with Gasteiger partial charge in [0.2, 0.25) is 0 Å². The predicted molar refractivity (Wildman–Crippen MR) is 104 cm³/mol. The molecule has 3 rings (SSSR count). The molecule has 1 amide bonds. The number of aromatic hydroxyl groups is 1. The third-order valence-corrected chi connectivity index (χ3v) is 4.78. The minimum Gasteiger partial charge on any atom is -0.508 e. The zero-order chi connectivity index (χ0) is 19.6. The average Bonchev–Trinajstić information content (AvgIpc) is 2.62. The topological polar surface area (TPSA) is 62.2 Å². The molecule has 1 fully saturated rings. The van der Waals surface area contributed by atoms with E-state index in [1.165, 1.54) is 6.07 Å². The largest absolute Gasteiger partial charge is 0.508 e. The molecule has 0 saturated carbocycles. The zero-order valence-electron chi connectivity index (χ0n) is 15.8. The van der Waals surface area contributed by atoms with Crippen molar-refractivity contribution in [3.63, 3.8) is 0 Å². The summed E-state index contributed by atoms with van der Waals surface area (Å²) in [6.07, 6.45) is 6.74. The lowest BCUT2D eigenvalue weighted by molar-refractivity contribution is 0.0177. The highest BCUT2D eigenvalue weighted by Crippen LogP contribution is 2.32. The van der Waals surface area contributed by atoms with Gasteiger partial charge >= 0.3 is 6.09 Å². The number of halogens is 1. The van der Waals surface area contributed by atoms with E-state index >= 15 is 0 Å². The number of carbonyl (C=O) groups excluding carboxylic acids is 1.